The van der Waals surface area contributed by atoms with Crippen LogP contribution in [0, 0.1) is 0 Å². The molecule has 2 aromatic rings. The number of carbonyl (C=O) groups is 1. The van der Waals surface area contributed by atoms with E-state index in [2.05, 4.69) is 26.2 Å². The molecule has 0 fully saturated rings. The highest BCUT2D eigenvalue weighted by atomic mass is 79.9. The van der Waals surface area contributed by atoms with E-state index in [1.165, 1.54) is 6.20 Å². The Bertz CT molecular complexity index is 584. The molecule has 0 spiro atoms. The number of amides is 1. The SMILES string of the molecule is NC(=O)c1cc(NCc2cc(Br)cs2)ncc1N. The minimum atomic E-state index is -0.559. The maximum atomic E-state index is 11.1. The van der Waals surface area contributed by atoms with Crippen LogP contribution in [-0.2, 0) is 6.54 Å². The van der Waals surface area contributed by atoms with Crippen molar-refractivity contribution < 1.29 is 4.79 Å². The van der Waals surface area contributed by atoms with Gasteiger partial charge in [0, 0.05) is 14.7 Å². The first kappa shape index (κ1) is 12.8. The molecule has 0 atom stereocenters. The average molecular weight is 327 g/mol. The van der Waals surface area contributed by atoms with E-state index in [0.29, 0.717) is 12.4 Å². The van der Waals surface area contributed by atoms with Gasteiger partial charge in [0.05, 0.1) is 24.0 Å². The largest absolute Gasteiger partial charge is 0.397 e. The highest BCUT2D eigenvalue weighted by Crippen LogP contribution is 2.21. The first-order valence-electron chi connectivity index (χ1n) is 5.08. The molecule has 0 aliphatic heterocycles. The van der Waals surface area contributed by atoms with Gasteiger partial charge in [-0.15, -0.1) is 11.3 Å². The molecule has 2 rings (SSSR count). The van der Waals surface area contributed by atoms with E-state index in [1.807, 2.05) is 11.4 Å². The van der Waals surface area contributed by atoms with Crippen molar-refractivity contribution in [2.75, 3.05) is 11.1 Å². The zero-order valence-corrected chi connectivity index (χ0v) is 11.7. The molecular weight excluding hydrogens is 316 g/mol. The van der Waals surface area contributed by atoms with Crippen molar-refractivity contribution in [2.24, 2.45) is 5.73 Å². The summed E-state index contributed by atoms with van der Waals surface area (Å²) in [6.07, 6.45) is 1.42. The summed E-state index contributed by atoms with van der Waals surface area (Å²) in [5, 5.41) is 5.11. The maximum absolute atomic E-state index is 11.1. The van der Waals surface area contributed by atoms with Gasteiger partial charge in [-0.2, -0.15) is 0 Å². The number of aromatic nitrogens is 1. The van der Waals surface area contributed by atoms with Crippen molar-refractivity contribution in [3.05, 3.63) is 38.6 Å². The van der Waals surface area contributed by atoms with Gasteiger partial charge < -0.3 is 16.8 Å². The number of nitrogens with zero attached hydrogens (tertiary/aromatic N) is 1. The smallest absolute Gasteiger partial charge is 0.250 e. The van der Waals surface area contributed by atoms with Crippen LogP contribution in [0.15, 0.2) is 28.2 Å². The summed E-state index contributed by atoms with van der Waals surface area (Å²) in [6.45, 7) is 0.630. The van der Waals surface area contributed by atoms with Crippen molar-refractivity contribution >= 4 is 44.7 Å². The van der Waals surface area contributed by atoms with Gasteiger partial charge in [-0.25, -0.2) is 4.98 Å². The van der Waals surface area contributed by atoms with E-state index in [-0.39, 0.29) is 11.3 Å². The van der Waals surface area contributed by atoms with Crippen molar-refractivity contribution in [3.8, 4) is 0 Å². The Balaban J connectivity index is 2.10. The Kier molecular flexibility index (Phi) is 3.83. The molecule has 5 nitrogen and oxygen atoms in total. The Morgan fingerprint density at radius 3 is 2.89 bits per heavy atom. The second kappa shape index (κ2) is 5.36. The van der Waals surface area contributed by atoms with Gasteiger partial charge in [-0.1, -0.05) is 0 Å². The number of rotatable bonds is 4. The minimum absolute atomic E-state index is 0.278. The highest BCUT2D eigenvalue weighted by molar-refractivity contribution is 9.10. The Morgan fingerprint density at radius 2 is 2.28 bits per heavy atom. The third kappa shape index (κ3) is 2.99. The van der Waals surface area contributed by atoms with Crippen LogP contribution < -0.4 is 16.8 Å². The van der Waals surface area contributed by atoms with Crippen LogP contribution in [0.5, 0.6) is 0 Å². The highest BCUT2D eigenvalue weighted by Gasteiger charge is 2.07. The monoisotopic (exact) mass is 326 g/mol. The van der Waals surface area contributed by atoms with Crippen LogP contribution in [0.4, 0.5) is 11.5 Å². The molecule has 0 unspecified atom stereocenters. The lowest BCUT2D eigenvalue weighted by atomic mass is 10.2. The lowest BCUT2D eigenvalue weighted by Crippen LogP contribution is -2.14. The number of nitrogen functional groups attached to an aromatic ring is 1. The third-order valence-corrected chi connectivity index (χ3v) is 3.96. The summed E-state index contributed by atoms with van der Waals surface area (Å²) in [5.41, 5.74) is 11.4. The number of hydrogen-bond donors (Lipinski definition) is 3. The maximum Gasteiger partial charge on any atom is 0.250 e. The quantitative estimate of drug-likeness (QED) is 0.802. The zero-order chi connectivity index (χ0) is 13.1. The molecule has 0 aromatic carbocycles. The van der Waals surface area contributed by atoms with Gasteiger partial charge in [-0.3, -0.25) is 4.79 Å². The number of anilines is 2. The normalized spacial score (nSPS) is 10.3. The molecule has 0 saturated heterocycles. The van der Waals surface area contributed by atoms with E-state index >= 15 is 0 Å². The lowest BCUT2D eigenvalue weighted by molar-refractivity contribution is 0.100. The molecular formula is C11H11BrN4OS. The molecule has 7 heteroatoms. The molecule has 0 saturated carbocycles. The molecule has 1 amide bonds. The molecule has 18 heavy (non-hydrogen) atoms. The molecule has 0 aliphatic carbocycles. The van der Waals surface area contributed by atoms with Gasteiger partial charge in [0.1, 0.15) is 5.82 Å². The Hall–Kier alpha value is -1.60. The van der Waals surface area contributed by atoms with E-state index in [4.69, 9.17) is 11.5 Å². The minimum Gasteiger partial charge on any atom is -0.397 e. The van der Waals surface area contributed by atoms with Crippen LogP contribution in [0.3, 0.4) is 0 Å². The predicted octanol–water partition coefficient (Wildman–Crippen LogP) is 2.20. The van der Waals surface area contributed by atoms with Crippen LogP contribution in [0.1, 0.15) is 15.2 Å². The van der Waals surface area contributed by atoms with E-state index in [1.54, 1.807) is 17.4 Å². The summed E-state index contributed by atoms with van der Waals surface area (Å²) in [7, 11) is 0. The summed E-state index contributed by atoms with van der Waals surface area (Å²) in [5.74, 6) is 0.0133. The van der Waals surface area contributed by atoms with E-state index < -0.39 is 5.91 Å². The Labute approximate surface area is 116 Å². The summed E-state index contributed by atoms with van der Waals surface area (Å²) < 4.78 is 1.05. The van der Waals surface area contributed by atoms with Gasteiger partial charge in [-0.05, 0) is 28.1 Å². The molecule has 0 bridgehead atoms. The summed E-state index contributed by atoms with van der Waals surface area (Å²) >= 11 is 5.02. The van der Waals surface area contributed by atoms with E-state index in [0.717, 1.165) is 9.35 Å². The molecule has 2 heterocycles. The fourth-order valence-corrected chi connectivity index (χ4v) is 2.79. The Morgan fingerprint density at radius 1 is 1.50 bits per heavy atom. The number of carbonyl (C=O) groups excluding carboxylic acids is 1. The van der Waals surface area contributed by atoms with Crippen LogP contribution >= 0.6 is 27.3 Å². The fourth-order valence-electron chi connectivity index (χ4n) is 1.40. The molecule has 2 aromatic heterocycles. The summed E-state index contributed by atoms with van der Waals surface area (Å²) in [6, 6.07) is 3.57. The van der Waals surface area contributed by atoms with E-state index in [9.17, 15) is 4.79 Å². The second-order valence-corrected chi connectivity index (χ2v) is 5.52. The number of hydrogen-bond acceptors (Lipinski definition) is 5. The first-order valence-corrected chi connectivity index (χ1v) is 6.75. The number of thiophene rings is 1. The molecule has 94 valence electrons. The topological polar surface area (TPSA) is 94.0 Å². The number of primary amides is 1. The average Bonchev–Trinajstić information content (AvgIpc) is 2.74. The number of halogens is 1. The van der Waals surface area contributed by atoms with Crippen molar-refractivity contribution in [1.82, 2.24) is 4.98 Å². The molecule has 0 aliphatic rings. The van der Waals surface area contributed by atoms with Crippen molar-refractivity contribution in [2.45, 2.75) is 6.54 Å². The number of nitrogens with two attached hydrogens (primary N) is 2. The lowest BCUT2D eigenvalue weighted by Gasteiger charge is -2.06. The zero-order valence-electron chi connectivity index (χ0n) is 9.31. The molecule has 0 radical (unpaired) electrons. The van der Waals surface area contributed by atoms with Crippen LogP contribution in [0.2, 0.25) is 0 Å². The number of pyridine rings is 1. The number of nitrogens with one attached hydrogen (secondary N) is 1. The standard InChI is InChI=1S/C11H11BrN4OS/c12-6-1-7(18-5-6)3-15-10-2-8(11(14)17)9(13)4-16-10/h1-2,4-5H,3,13H2,(H2,14,17)(H,15,16). The van der Waals surface area contributed by atoms with Gasteiger partial charge in [0.2, 0.25) is 0 Å². The van der Waals surface area contributed by atoms with Gasteiger partial charge in [0.15, 0.2) is 0 Å². The van der Waals surface area contributed by atoms with Crippen LogP contribution in [-0.4, -0.2) is 10.9 Å². The first-order chi connectivity index (χ1) is 8.56. The van der Waals surface area contributed by atoms with Crippen LogP contribution in [0.25, 0.3) is 0 Å². The second-order valence-electron chi connectivity index (χ2n) is 3.61. The van der Waals surface area contributed by atoms with Crippen molar-refractivity contribution in [1.29, 1.82) is 0 Å². The summed E-state index contributed by atoms with van der Waals surface area (Å²) in [4.78, 5) is 16.4. The van der Waals surface area contributed by atoms with Gasteiger partial charge in [0.25, 0.3) is 5.91 Å². The van der Waals surface area contributed by atoms with Gasteiger partial charge >= 0.3 is 0 Å². The predicted molar refractivity (Wildman–Crippen MR) is 76.5 cm³/mol. The molecule has 5 N–H and O–H groups in total. The fraction of sp³-hybridized carbons (Fsp3) is 0.0909. The van der Waals surface area contributed by atoms with Crippen molar-refractivity contribution in [3.63, 3.8) is 0 Å². The third-order valence-electron chi connectivity index (χ3n) is 2.27.